The fourth-order valence-electron chi connectivity index (χ4n) is 2.07. The van der Waals surface area contributed by atoms with Crippen LogP contribution in [0.3, 0.4) is 0 Å². The maximum absolute atomic E-state index is 12.7. The number of anilines is 1. The van der Waals surface area contributed by atoms with E-state index in [0.29, 0.717) is 0 Å². The molecular weight excluding hydrogens is 317 g/mol. The Morgan fingerprint density at radius 1 is 1.48 bits per heavy atom. The van der Waals surface area contributed by atoms with E-state index < -0.39 is 30.0 Å². The summed E-state index contributed by atoms with van der Waals surface area (Å²) in [6.07, 6.45) is -6.58. The highest BCUT2D eigenvalue weighted by Gasteiger charge is 2.35. The lowest BCUT2D eigenvalue weighted by molar-refractivity contribution is -0.137. The van der Waals surface area contributed by atoms with Crippen LogP contribution in [-0.2, 0) is 15.7 Å². The van der Waals surface area contributed by atoms with Crippen LogP contribution >= 0.6 is 0 Å². The first-order chi connectivity index (χ1) is 10.8. The van der Waals surface area contributed by atoms with Crippen molar-refractivity contribution in [3.05, 3.63) is 29.8 Å². The van der Waals surface area contributed by atoms with Gasteiger partial charge in [-0.05, 0) is 25.1 Å². The van der Waals surface area contributed by atoms with E-state index in [1.165, 1.54) is 12.1 Å². The predicted molar refractivity (Wildman–Crippen MR) is 74.1 cm³/mol. The first-order valence-electron chi connectivity index (χ1n) is 6.87. The number of rotatable bonds is 4. The first kappa shape index (κ1) is 16.9. The molecule has 0 aromatic heterocycles. The minimum Gasteiger partial charge on any atom is -0.450 e. The largest absolute Gasteiger partial charge is 0.450 e. The van der Waals surface area contributed by atoms with Crippen molar-refractivity contribution in [3.8, 4) is 0 Å². The molecule has 126 valence electrons. The maximum atomic E-state index is 12.7. The standard InChI is InChI=1S/C14H15F3N2O4/c1-2-22-12(20)18-7-11-8-19(13(21)23-11)10-5-3-4-9(6-10)14(15,16)17/h3-6,11H,2,7-8H2,1H3,(H,18,20). The molecule has 1 fully saturated rings. The highest BCUT2D eigenvalue weighted by Crippen LogP contribution is 2.32. The Kier molecular flexibility index (Phi) is 4.97. The van der Waals surface area contributed by atoms with Crippen LogP contribution in [0.25, 0.3) is 0 Å². The molecule has 0 bridgehead atoms. The Morgan fingerprint density at radius 2 is 2.22 bits per heavy atom. The number of halogens is 3. The number of alkyl carbamates (subject to hydrolysis) is 1. The van der Waals surface area contributed by atoms with Crippen LogP contribution in [0.15, 0.2) is 24.3 Å². The molecule has 1 aromatic carbocycles. The number of benzene rings is 1. The molecule has 2 rings (SSSR count). The molecule has 0 aliphatic carbocycles. The molecule has 1 unspecified atom stereocenters. The fraction of sp³-hybridized carbons (Fsp3) is 0.429. The van der Waals surface area contributed by atoms with Gasteiger partial charge in [0.05, 0.1) is 25.3 Å². The monoisotopic (exact) mass is 332 g/mol. The molecule has 1 aliphatic heterocycles. The van der Waals surface area contributed by atoms with Gasteiger partial charge < -0.3 is 14.8 Å². The number of hydrogen-bond donors (Lipinski definition) is 1. The second-order valence-electron chi connectivity index (χ2n) is 4.77. The Morgan fingerprint density at radius 3 is 2.87 bits per heavy atom. The van der Waals surface area contributed by atoms with Crippen LogP contribution in [0.1, 0.15) is 12.5 Å². The van der Waals surface area contributed by atoms with Crippen molar-refractivity contribution in [2.75, 3.05) is 24.6 Å². The zero-order valence-electron chi connectivity index (χ0n) is 12.2. The van der Waals surface area contributed by atoms with E-state index in [9.17, 15) is 22.8 Å². The summed E-state index contributed by atoms with van der Waals surface area (Å²) >= 11 is 0. The highest BCUT2D eigenvalue weighted by molar-refractivity contribution is 5.89. The van der Waals surface area contributed by atoms with E-state index in [0.717, 1.165) is 17.0 Å². The number of amides is 2. The maximum Gasteiger partial charge on any atom is 0.416 e. The number of hydrogen-bond acceptors (Lipinski definition) is 4. The van der Waals surface area contributed by atoms with Gasteiger partial charge in [0.25, 0.3) is 0 Å². The molecule has 1 aliphatic rings. The van der Waals surface area contributed by atoms with Gasteiger partial charge in [-0.2, -0.15) is 13.2 Å². The van der Waals surface area contributed by atoms with Crippen molar-refractivity contribution in [3.63, 3.8) is 0 Å². The third-order valence-electron chi connectivity index (χ3n) is 3.11. The summed E-state index contributed by atoms with van der Waals surface area (Å²) in [7, 11) is 0. The molecule has 1 heterocycles. The van der Waals surface area contributed by atoms with Gasteiger partial charge in [0.15, 0.2) is 0 Å². The summed E-state index contributed by atoms with van der Waals surface area (Å²) in [5.74, 6) is 0. The van der Waals surface area contributed by atoms with E-state index in [4.69, 9.17) is 4.74 Å². The van der Waals surface area contributed by atoms with Crippen LogP contribution in [0.4, 0.5) is 28.4 Å². The Hall–Kier alpha value is -2.45. The van der Waals surface area contributed by atoms with Crippen LogP contribution in [0, 0.1) is 0 Å². The van der Waals surface area contributed by atoms with Crippen molar-refractivity contribution < 1.29 is 32.2 Å². The molecule has 0 saturated carbocycles. The molecule has 9 heteroatoms. The Bertz CT molecular complexity index is 592. The second-order valence-corrected chi connectivity index (χ2v) is 4.77. The fourth-order valence-corrected chi connectivity index (χ4v) is 2.07. The number of carbonyl (C=O) groups excluding carboxylic acids is 2. The normalized spacial score (nSPS) is 17.8. The molecule has 1 atom stereocenters. The van der Waals surface area contributed by atoms with Crippen molar-refractivity contribution in [1.82, 2.24) is 5.32 Å². The first-order valence-corrected chi connectivity index (χ1v) is 6.87. The van der Waals surface area contributed by atoms with Gasteiger partial charge in [-0.15, -0.1) is 0 Å². The van der Waals surface area contributed by atoms with Gasteiger partial charge >= 0.3 is 18.4 Å². The summed E-state index contributed by atoms with van der Waals surface area (Å²) < 4.78 is 47.8. The molecule has 1 saturated heterocycles. The quantitative estimate of drug-likeness (QED) is 0.921. The number of ether oxygens (including phenoxy) is 2. The minimum absolute atomic E-state index is 0.0139. The molecule has 1 aromatic rings. The molecule has 6 nitrogen and oxygen atoms in total. The average molecular weight is 332 g/mol. The summed E-state index contributed by atoms with van der Waals surface area (Å²) in [5, 5.41) is 2.41. The highest BCUT2D eigenvalue weighted by atomic mass is 19.4. The number of nitrogens with one attached hydrogen (secondary N) is 1. The second kappa shape index (κ2) is 6.76. The van der Waals surface area contributed by atoms with Gasteiger partial charge in [-0.25, -0.2) is 9.59 Å². The van der Waals surface area contributed by atoms with E-state index in [2.05, 4.69) is 10.1 Å². The smallest absolute Gasteiger partial charge is 0.416 e. The number of carbonyl (C=O) groups is 2. The SMILES string of the molecule is CCOC(=O)NCC1CN(c2cccc(C(F)(F)F)c2)C(=O)O1. The zero-order valence-corrected chi connectivity index (χ0v) is 12.2. The van der Waals surface area contributed by atoms with Crippen LogP contribution in [-0.4, -0.2) is 38.0 Å². The van der Waals surface area contributed by atoms with Crippen molar-refractivity contribution in [1.29, 1.82) is 0 Å². The van der Waals surface area contributed by atoms with Crippen molar-refractivity contribution >= 4 is 17.9 Å². The average Bonchev–Trinajstić information content (AvgIpc) is 2.86. The van der Waals surface area contributed by atoms with Crippen LogP contribution in [0.2, 0.25) is 0 Å². The molecule has 1 N–H and O–H groups in total. The molecular formula is C14H15F3N2O4. The summed E-state index contributed by atoms with van der Waals surface area (Å²) in [4.78, 5) is 24.1. The predicted octanol–water partition coefficient (Wildman–Crippen LogP) is 2.78. The van der Waals surface area contributed by atoms with Gasteiger partial charge in [0, 0.05) is 5.69 Å². The van der Waals surface area contributed by atoms with Crippen molar-refractivity contribution in [2.45, 2.75) is 19.2 Å². The Labute approximate surface area is 130 Å². The molecule has 0 spiro atoms. The summed E-state index contributed by atoms with van der Waals surface area (Å²) in [6.45, 7) is 1.89. The number of cyclic esters (lactones) is 1. The van der Waals surface area contributed by atoms with E-state index in [1.807, 2.05) is 0 Å². The minimum atomic E-state index is -4.50. The third-order valence-corrected chi connectivity index (χ3v) is 3.11. The summed E-state index contributed by atoms with van der Waals surface area (Å²) in [6, 6.07) is 4.40. The van der Waals surface area contributed by atoms with Gasteiger partial charge in [0.1, 0.15) is 6.10 Å². The number of alkyl halides is 3. The molecule has 23 heavy (non-hydrogen) atoms. The molecule has 2 amide bonds. The van der Waals surface area contributed by atoms with Crippen LogP contribution in [0.5, 0.6) is 0 Å². The van der Waals surface area contributed by atoms with E-state index >= 15 is 0 Å². The summed E-state index contributed by atoms with van der Waals surface area (Å²) in [5.41, 5.74) is -0.764. The van der Waals surface area contributed by atoms with E-state index in [-0.39, 0.29) is 25.4 Å². The lowest BCUT2D eigenvalue weighted by atomic mass is 10.2. The molecule has 0 radical (unpaired) electrons. The van der Waals surface area contributed by atoms with Gasteiger partial charge in [-0.3, -0.25) is 4.90 Å². The zero-order chi connectivity index (χ0) is 17.0. The third kappa shape index (κ3) is 4.27. The lowest BCUT2D eigenvalue weighted by Crippen LogP contribution is -2.35. The van der Waals surface area contributed by atoms with E-state index in [1.54, 1.807) is 6.92 Å². The number of nitrogens with zero attached hydrogens (tertiary/aromatic N) is 1. The van der Waals surface area contributed by atoms with Gasteiger partial charge in [0.2, 0.25) is 0 Å². The Balaban J connectivity index is 2.02. The lowest BCUT2D eigenvalue weighted by Gasteiger charge is -2.15. The van der Waals surface area contributed by atoms with Crippen molar-refractivity contribution in [2.24, 2.45) is 0 Å². The van der Waals surface area contributed by atoms with Crippen LogP contribution < -0.4 is 10.2 Å². The topological polar surface area (TPSA) is 67.9 Å². The van der Waals surface area contributed by atoms with Gasteiger partial charge in [-0.1, -0.05) is 6.07 Å².